The maximum atomic E-state index is 13.0. The summed E-state index contributed by atoms with van der Waals surface area (Å²) in [6.07, 6.45) is 6.71. The zero-order chi connectivity index (χ0) is 17.0. The highest BCUT2D eigenvalue weighted by atomic mass is 35.5. The quantitative estimate of drug-likeness (QED) is 0.853. The standard InChI is InChI=1S/C20H22ClN3O/c21-19-15-3-1-2-4-17(15)23-18-9-12(5-8-16(18)19)20(25)24-10-13-6-7-14(11-24)22-13/h5,8-9,13-14,22H,1-4,6-7,10-11H2. The Morgan fingerprint density at radius 2 is 1.92 bits per heavy atom. The molecule has 0 radical (unpaired) electrons. The molecule has 2 aliphatic heterocycles. The Balaban J connectivity index is 1.51. The van der Waals surface area contributed by atoms with Crippen molar-refractivity contribution in [1.82, 2.24) is 15.2 Å². The summed E-state index contributed by atoms with van der Waals surface area (Å²) in [5, 5.41) is 5.38. The van der Waals surface area contributed by atoms with Crippen molar-refractivity contribution in [3.05, 3.63) is 40.0 Å². The molecule has 1 amide bonds. The Morgan fingerprint density at radius 3 is 2.72 bits per heavy atom. The molecule has 0 saturated carbocycles. The van der Waals surface area contributed by atoms with Gasteiger partial charge < -0.3 is 10.2 Å². The van der Waals surface area contributed by atoms with Crippen molar-refractivity contribution in [1.29, 1.82) is 0 Å². The summed E-state index contributed by atoms with van der Waals surface area (Å²) >= 11 is 6.64. The van der Waals surface area contributed by atoms with Gasteiger partial charge in [0.15, 0.2) is 0 Å². The van der Waals surface area contributed by atoms with Crippen LogP contribution in [0, 0.1) is 0 Å². The monoisotopic (exact) mass is 355 g/mol. The molecule has 2 fully saturated rings. The molecular formula is C20H22ClN3O. The highest BCUT2D eigenvalue weighted by Crippen LogP contribution is 2.33. The van der Waals surface area contributed by atoms with Gasteiger partial charge in [0.2, 0.25) is 0 Å². The molecule has 1 aromatic heterocycles. The first-order valence-electron chi connectivity index (χ1n) is 9.35. The van der Waals surface area contributed by atoms with E-state index in [1.54, 1.807) is 0 Å². The van der Waals surface area contributed by atoms with Crippen LogP contribution in [-0.2, 0) is 12.8 Å². The number of aromatic nitrogens is 1. The highest BCUT2D eigenvalue weighted by molar-refractivity contribution is 6.36. The van der Waals surface area contributed by atoms with Gasteiger partial charge in [-0.1, -0.05) is 17.7 Å². The number of hydrogen-bond donors (Lipinski definition) is 1. The van der Waals surface area contributed by atoms with Gasteiger partial charge in [-0.25, -0.2) is 0 Å². The van der Waals surface area contributed by atoms with E-state index in [-0.39, 0.29) is 5.91 Å². The number of aryl methyl sites for hydroxylation is 1. The molecule has 5 heteroatoms. The summed E-state index contributed by atoms with van der Waals surface area (Å²) in [6.45, 7) is 1.62. The molecule has 130 valence electrons. The molecule has 4 nitrogen and oxygen atoms in total. The van der Waals surface area contributed by atoms with Crippen LogP contribution in [0.25, 0.3) is 10.9 Å². The fourth-order valence-electron chi connectivity index (χ4n) is 4.65. The van der Waals surface area contributed by atoms with Gasteiger partial charge in [0.1, 0.15) is 0 Å². The number of benzene rings is 1. The van der Waals surface area contributed by atoms with Crippen LogP contribution >= 0.6 is 11.6 Å². The number of piperazine rings is 1. The predicted octanol–water partition coefficient (Wildman–Crippen LogP) is 3.34. The molecule has 2 unspecified atom stereocenters. The second-order valence-corrected chi connectivity index (χ2v) is 8.02. The number of fused-ring (bicyclic) bond motifs is 4. The number of carbonyl (C=O) groups excluding carboxylic acids is 1. The van der Waals surface area contributed by atoms with E-state index in [0.717, 1.165) is 53.1 Å². The molecule has 5 rings (SSSR count). The van der Waals surface area contributed by atoms with Crippen molar-refractivity contribution in [2.75, 3.05) is 13.1 Å². The Labute approximate surface area is 152 Å². The van der Waals surface area contributed by atoms with Crippen LogP contribution in [0.3, 0.4) is 0 Å². The molecule has 2 atom stereocenters. The van der Waals surface area contributed by atoms with E-state index >= 15 is 0 Å². The molecule has 2 saturated heterocycles. The molecule has 1 N–H and O–H groups in total. The maximum absolute atomic E-state index is 13.0. The number of nitrogens with one attached hydrogen (secondary N) is 1. The maximum Gasteiger partial charge on any atom is 0.254 e. The van der Waals surface area contributed by atoms with Crippen molar-refractivity contribution >= 4 is 28.4 Å². The first kappa shape index (κ1) is 15.6. The number of halogens is 1. The fraction of sp³-hybridized carbons (Fsp3) is 0.500. The Bertz CT molecular complexity index is 854. The average Bonchev–Trinajstić information content (AvgIpc) is 2.98. The second-order valence-electron chi connectivity index (χ2n) is 7.64. The van der Waals surface area contributed by atoms with Crippen LogP contribution in [0.2, 0.25) is 5.02 Å². The third-order valence-electron chi connectivity index (χ3n) is 5.94. The number of likely N-dealkylation sites (tertiary alicyclic amines) is 1. The van der Waals surface area contributed by atoms with Crippen molar-refractivity contribution in [3.8, 4) is 0 Å². The normalized spacial score (nSPS) is 25.2. The van der Waals surface area contributed by atoms with Gasteiger partial charge in [0.05, 0.1) is 10.5 Å². The second kappa shape index (κ2) is 5.96. The van der Waals surface area contributed by atoms with E-state index in [1.165, 1.54) is 31.2 Å². The lowest BCUT2D eigenvalue weighted by Gasteiger charge is -2.33. The van der Waals surface area contributed by atoms with Crippen LogP contribution in [0.15, 0.2) is 18.2 Å². The molecule has 3 aliphatic rings. The number of nitrogens with zero attached hydrogens (tertiary/aromatic N) is 2. The van der Waals surface area contributed by atoms with Crippen molar-refractivity contribution in [2.45, 2.75) is 50.6 Å². The third kappa shape index (κ3) is 2.63. The summed E-state index contributed by atoms with van der Waals surface area (Å²) in [4.78, 5) is 19.8. The largest absolute Gasteiger partial charge is 0.336 e. The van der Waals surface area contributed by atoms with Gasteiger partial charge in [-0.05, 0) is 56.2 Å². The molecular weight excluding hydrogens is 334 g/mol. The molecule has 0 spiro atoms. The Morgan fingerprint density at radius 1 is 1.16 bits per heavy atom. The summed E-state index contributed by atoms with van der Waals surface area (Å²) in [6, 6.07) is 6.74. The third-order valence-corrected chi connectivity index (χ3v) is 6.38. The van der Waals surface area contributed by atoms with Gasteiger partial charge >= 0.3 is 0 Å². The van der Waals surface area contributed by atoms with Crippen molar-refractivity contribution in [2.24, 2.45) is 0 Å². The van der Waals surface area contributed by atoms with Crippen LogP contribution in [-0.4, -0.2) is 41.0 Å². The summed E-state index contributed by atoms with van der Waals surface area (Å²) < 4.78 is 0. The lowest BCUT2D eigenvalue weighted by Crippen LogP contribution is -2.53. The van der Waals surface area contributed by atoms with E-state index in [4.69, 9.17) is 16.6 Å². The van der Waals surface area contributed by atoms with Crippen molar-refractivity contribution in [3.63, 3.8) is 0 Å². The Hall–Kier alpha value is -1.65. The average molecular weight is 356 g/mol. The summed E-state index contributed by atoms with van der Waals surface area (Å²) in [5.74, 6) is 0.121. The van der Waals surface area contributed by atoms with Gasteiger partial charge in [-0.2, -0.15) is 0 Å². The minimum absolute atomic E-state index is 0.121. The topological polar surface area (TPSA) is 45.2 Å². The summed E-state index contributed by atoms with van der Waals surface area (Å²) in [5.41, 5.74) is 3.91. The number of pyridine rings is 1. The molecule has 3 heterocycles. The lowest BCUT2D eigenvalue weighted by atomic mass is 9.94. The van der Waals surface area contributed by atoms with Gasteiger partial charge in [0.25, 0.3) is 5.91 Å². The zero-order valence-corrected chi connectivity index (χ0v) is 15.0. The van der Waals surface area contributed by atoms with Crippen LogP contribution in [0.1, 0.15) is 47.3 Å². The fourth-order valence-corrected chi connectivity index (χ4v) is 5.01. The minimum Gasteiger partial charge on any atom is -0.336 e. The van der Waals surface area contributed by atoms with E-state index in [1.807, 2.05) is 23.1 Å². The first-order chi connectivity index (χ1) is 12.2. The Kier molecular flexibility index (Phi) is 3.72. The van der Waals surface area contributed by atoms with Gasteiger partial charge in [0, 0.05) is 41.8 Å². The van der Waals surface area contributed by atoms with Gasteiger partial charge in [-0.3, -0.25) is 9.78 Å². The number of rotatable bonds is 1. The number of carbonyl (C=O) groups is 1. The smallest absolute Gasteiger partial charge is 0.254 e. The lowest BCUT2D eigenvalue weighted by molar-refractivity contribution is 0.0697. The van der Waals surface area contributed by atoms with E-state index in [2.05, 4.69) is 5.32 Å². The predicted molar refractivity (Wildman–Crippen MR) is 99.2 cm³/mol. The SMILES string of the molecule is O=C(c1ccc2c(Cl)c3c(nc2c1)CCCC3)N1CC2CCC(C1)N2. The first-order valence-corrected chi connectivity index (χ1v) is 9.73. The van der Waals surface area contributed by atoms with Crippen LogP contribution < -0.4 is 5.32 Å². The minimum atomic E-state index is 0.121. The zero-order valence-electron chi connectivity index (χ0n) is 14.2. The number of amides is 1. The number of hydrogen-bond acceptors (Lipinski definition) is 3. The van der Waals surface area contributed by atoms with E-state index in [9.17, 15) is 4.79 Å². The van der Waals surface area contributed by atoms with Gasteiger partial charge in [-0.15, -0.1) is 0 Å². The molecule has 1 aromatic carbocycles. The molecule has 25 heavy (non-hydrogen) atoms. The molecule has 2 bridgehead atoms. The highest BCUT2D eigenvalue weighted by Gasteiger charge is 2.34. The summed E-state index contributed by atoms with van der Waals surface area (Å²) in [7, 11) is 0. The van der Waals surface area contributed by atoms with E-state index < -0.39 is 0 Å². The molecule has 1 aliphatic carbocycles. The van der Waals surface area contributed by atoms with Crippen LogP contribution in [0.5, 0.6) is 0 Å². The van der Waals surface area contributed by atoms with Crippen molar-refractivity contribution < 1.29 is 4.79 Å². The van der Waals surface area contributed by atoms with Crippen LogP contribution in [0.4, 0.5) is 0 Å². The molecule has 2 aromatic rings. The van der Waals surface area contributed by atoms with E-state index in [0.29, 0.717) is 12.1 Å².